The number of benzene rings is 1. The van der Waals surface area contributed by atoms with Crippen molar-refractivity contribution in [3.05, 3.63) is 53.1 Å². The molecule has 4 rings (SSSR count). The van der Waals surface area contributed by atoms with Crippen molar-refractivity contribution >= 4 is 5.82 Å². The minimum absolute atomic E-state index is 0.196. The number of nitrogens with two attached hydrogens (primary N) is 1. The minimum atomic E-state index is 0.196. The number of aromatic hydroxyl groups is 1. The molecule has 0 fully saturated rings. The summed E-state index contributed by atoms with van der Waals surface area (Å²) in [5, 5.41) is 19.4. The minimum Gasteiger partial charge on any atom is -0.508 e. The van der Waals surface area contributed by atoms with E-state index in [4.69, 9.17) is 5.73 Å². The molecule has 128 valence electrons. The maximum atomic E-state index is 9.75. The molecule has 0 atom stereocenters. The molecule has 1 aliphatic rings. The Labute approximate surface area is 151 Å². The van der Waals surface area contributed by atoms with Gasteiger partial charge in [-0.15, -0.1) is 0 Å². The highest BCUT2D eigenvalue weighted by Gasteiger charge is 2.25. The number of anilines is 1. The van der Waals surface area contributed by atoms with Gasteiger partial charge >= 0.3 is 0 Å². The van der Waals surface area contributed by atoms with Gasteiger partial charge < -0.3 is 10.8 Å². The Hall–Kier alpha value is -3.46. The molecule has 0 bridgehead atoms. The molecule has 0 aliphatic heterocycles. The van der Waals surface area contributed by atoms with Gasteiger partial charge in [-0.05, 0) is 42.2 Å². The molecule has 1 aliphatic carbocycles. The van der Waals surface area contributed by atoms with Crippen LogP contribution in [0.25, 0.3) is 22.4 Å². The van der Waals surface area contributed by atoms with E-state index in [0.29, 0.717) is 12.0 Å². The second-order valence-electron chi connectivity index (χ2n) is 6.27. The second-order valence-corrected chi connectivity index (χ2v) is 6.27. The first kappa shape index (κ1) is 16.0. The van der Waals surface area contributed by atoms with E-state index in [9.17, 15) is 10.4 Å². The fraction of sp³-hybridized carbons (Fsp3) is 0.200. The number of hydrogen-bond acceptors (Lipinski definition) is 6. The van der Waals surface area contributed by atoms with E-state index in [-0.39, 0.29) is 11.6 Å². The number of nitrogen functional groups attached to an aromatic ring is 1. The normalized spacial score (nSPS) is 12.2. The zero-order valence-corrected chi connectivity index (χ0v) is 14.3. The molecule has 0 saturated heterocycles. The van der Waals surface area contributed by atoms with E-state index < -0.39 is 0 Å². The Balaban J connectivity index is 2.00. The number of hydrogen-bond donors (Lipinski definition) is 2. The molecule has 0 amide bonds. The Morgan fingerprint density at radius 2 is 2.00 bits per heavy atom. The van der Waals surface area contributed by atoms with Gasteiger partial charge in [0.15, 0.2) is 0 Å². The Morgan fingerprint density at radius 3 is 2.69 bits per heavy atom. The molecular weight excluding hydrogens is 326 g/mol. The Bertz CT molecular complexity index is 1050. The van der Waals surface area contributed by atoms with Crippen LogP contribution in [0.4, 0.5) is 5.82 Å². The van der Waals surface area contributed by atoms with E-state index in [1.165, 1.54) is 0 Å². The van der Waals surface area contributed by atoms with Crippen molar-refractivity contribution in [3.63, 3.8) is 0 Å². The van der Waals surface area contributed by atoms with Crippen molar-refractivity contribution in [2.24, 2.45) is 0 Å². The van der Waals surface area contributed by atoms with Gasteiger partial charge in [0, 0.05) is 35.5 Å². The fourth-order valence-corrected chi connectivity index (χ4v) is 3.48. The molecule has 26 heavy (non-hydrogen) atoms. The summed E-state index contributed by atoms with van der Waals surface area (Å²) in [5.74, 6) is 1.18. The molecule has 6 heteroatoms. The van der Waals surface area contributed by atoms with Crippen molar-refractivity contribution in [1.82, 2.24) is 15.0 Å². The van der Waals surface area contributed by atoms with Gasteiger partial charge in [-0.1, -0.05) is 6.92 Å². The van der Waals surface area contributed by atoms with E-state index >= 15 is 0 Å². The second kappa shape index (κ2) is 6.12. The van der Waals surface area contributed by atoms with E-state index in [1.807, 2.05) is 13.0 Å². The summed E-state index contributed by atoms with van der Waals surface area (Å²) in [4.78, 5) is 13.2. The average molecular weight is 343 g/mol. The lowest BCUT2D eigenvalue weighted by Crippen LogP contribution is -2.11. The van der Waals surface area contributed by atoms with Crippen LogP contribution in [-0.2, 0) is 19.3 Å². The lowest BCUT2D eigenvalue weighted by molar-refractivity contribution is 0.474. The number of fused-ring (bicyclic) bond motifs is 3. The largest absolute Gasteiger partial charge is 0.508 e. The van der Waals surface area contributed by atoms with Crippen LogP contribution in [0.15, 0.2) is 30.6 Å². The van der Waals surface area contributed by atoms with Gasteiger partial charge in [-0.3, -0.25) is 0 Å². The van der Waals surface area contributed by atoms with E-state index in [1.54, 1.807) is 24.5 Å². The van der Waals surface area contributed by atoms with Crippen LogP contribution in [0.3, 0.4) is 0 Å². The summed E-state index contributed by atoms with van der Waals surface area (Å²) in [5.41, 5.74) is 11.7. The Morgan fingerprint density at radius 1 is 1.23 bits per heavy atom. The fourth-order valence-electron chi connectivity index (χ4n) is 3.48. The molecule has 0 saturated carbocycles. The van der Waals surface area contributed by atoms with Crippen LogP contribution in [0, 0.1) is 11.3 Å². The predicted octanol–water partition coefficient (Wildman–Crippen LogP) is 3.03. The lowest BCUT2D eigenvalue weighted by Gasteiger charge is -2.23. The van der Waals surface area contributed by atoms with Crippen LogP contribution in [0.5, 0.6) is 5.75 Å². The van der Waals surface area contributed by atoms with Crippen LogP contribution in [-0.4, -0.2) is 20.1 Å². The third kappa shape index (κ3) is 2.45. The third-order valence-corrected chi connectivity index (χ3v) is 4.74. The molecule has 2 heterocycles. The molecule has 1 aromatic carbocycles. The number of phenols is 1. The number of aryl methyl sites for hydroxylation is 2. The van der Waals surface area contributed by atoms with Crippen LogP contribution in [0.2, 0.25) is 0 Å². The molecule has 3 aromatic rings. The monoisotopic (exact) mass is 343 g/mol. The number of nitrogens with zero attached hydrogens (tertiary/aromatic N) is 4. The molecule has 0 spiro atoms. The van der Waals surface area contributed by atoms with E-state index in [0.717, 1.165) is 52.2 Å². The summed E-state index contributed by atoms with van der Waals surface area (Å²) in [7, 11) is 0. The number of phenolic OH excluding ortho intramolecular Hbond substituents is 1. The zero-order valence-electron chi connectivity index (χ0n) is 14.3. The Kier molecular flexibility index (Phi) is 3.77. The first-order chi connectivity index (χ1) is 12.6. The lowest BCUT2D eigenvalue weighted by atomic mass is 9.83. The van der Waals surface area contributed by atoms with Gasteiger partial charge in [0.1, 0.15) is 29.0 Å². The van der Waals surface area contributed by atoms with Crippen molar-refractivity contribution in [3.8, 4) is 34.2 Å². The van der Waals surface area contributed by atoms with Crippen molar-refractivity contribution in [2.75, 3.05) is 5.73 Å². The summed E-state index contributed by atoms with van der Waals surface area (Å²) in [6.07, 6.45) is 5.70. The summed E-state index contributed by atoms with van der Waals surface area (Å²) in [6.45, 7) is 1.99. The van der Waals surface area contributed by atoms with E-state index in [2.05, 4.69) is 21.0 Å². The van der Waals surface area contributed by atoms with Gasteiger partial charge in [0.25, 0.3) is 0 Å². The number of pyridine rings is 1. The van der Waals surface area contributed by atoms with Crippen molar-refractivity contribution in [1.29, 1.82) is 5.26 Å². The van der Waals surface area contributed by atoms with Gasteiger partial charge in [-0.25, -0.2) is 15.0 Å². The molecule has 3 N–H and O–H groups in total. The van der Waals surface area contributed by atoms with Crippen molar-refractivity contribution in [2.45, 2.75) is 26.2 Å². The summed E-state index contributed by atoms with van der Waals surface area (Å²) < 4.78 is 0. The average Bonchev–Trinajstić information content (AvgIpc) is 2.66. The number of nitriles is 1. The maximum Gasteiger partial charge on any atom is 0.142 e. The molecule has 6 nitrogen and oxygen atoms in total. The molecule has 0 radical (unpaired) electrons. The number of rotatable bonds is 2. The maximum absolute atomic E-state index is 9.75. The van der Waals surface area contributed by atoms with Gasteiger partial charge in [-0.2, -0.15) is 5.26 Å². The first-order valence-electron chi connectivity index (χ1n) is 8.48. The molecule has 0 unspecified atom stereocenters. The zero-order chi connectivity index (χ0) is 18.3. The standard InChI is InChI=1S/C20H17N5O/c1-2-17-23-9-12(10-24-17)18-15-5-3-11-7-13(26)4-6-14(11)19(15)25-20(22)16(18)8-21/h4,6-7,9-10,26H,2-3,5H2,1H3,(H2,22,25). The highest BCUT2D eigenvalue weighted by atomic mass is 16.3. The number of aromatic nitrogens is 3. The smallest absolute Gasteiger partial charge is 0.142 e. The van der Waals surface area contributed by atoms with Crippen LogP contribution >= 0.6 is 0 Å². The highest BCUT2D eigenvalue weighted by Crippen LogP contribution is 2.41. The summed E-state index contributed by atoms with van der Waals surface area (Å²) in [6, 6.07) is 7.44. The van der Waals surface area contributed by atoms with Crippen molar-refractivity contribution < 1.29 is 5.11 Å². The third-order valence-electron chi connectivity index (χ3n) is 4.74. The summed E-state index contributed by atoms with van der Waals surface area (Å²) >= 11 is 0. The quantitative estimate of drug-likeness (QED) is 0.740. The molecule has 2 aromatic heterocycles. The van der Waals surface area contributed by atoms with Crippen LogP contribution < -0.4 is 5.73 Å². The van der Waals surface area contributed by atoms with Gasteiger partial charge in [0.05, 0.1) is 5.69 Å². The van der Waals surface area contributed by atoms with Crippen LogP contribution in [0.1, 0.15) is 29.4 Å². The van der Waals surface area contributed by atoms with Gasteiger partial charge in [0.2, 0.25) is 0 Å². The topological polar surface area (TPSA) is 109 Å². The predicted molar refractivity (Wildman–Crippen MR) is 98.3 cm³/mol. The first-order valence-corrected chi connectivity index (χ1v) is 8.48. The molecular formula is C20H17N5O. The SMILES string of the molecule is CCc1ncc(-c2c(C#N)c(N)nc3c2CCc2cc(O)ccc2-3)cn1. The highest BCUT2D eigenvalue weighted by molar-refractivity contribution is 5.86.